The standard InChI is InChI=1S/C13H7ClF3N3O2/c1-5-11(13(15,16)17)18-4-8(19-5)6-2-3-7(14)9-10(6)22-12(21)20-9/h2-4H,1H3,(H,20,21). The fourth-order valence-corrected chi connectivity index (χ4v) is 2.29. The van der Waals surface area contributed by atoms with Crippen molar-refractivity contribution >= 4 is 22.7 Å². The first-order valence-corrected chi connectivity index (χ1v) is 6.37. The lowest BCUT2D eigenvalue weighted by Crippen LogP contribution is -2.12. The smallest absolute Gasteiger partial charge is 0.407 e. The molecule has 22 heavy (non-hydrogen) atoms. The number of aromatic nitrogens is 3. The van der Waals surface area contributed by atoms with Crippen molar-refractivity contribution in [2.45, 2.75) is 13.1 Å². The van der Waals surface area contributed by atoms with Gasteiger partial charge in [-0.2, -0.15) is 13.2 Å². The highest BCUT2D eigenvalue weighted by molar-refractivity contribution is 6.35. The third-order valence-electron chi connectivity index (χ3n) is 3.02. The number of benzene rings is 1. The molecule has 5 nitrogen and oxygen atoms in total. The third-order valence-corrected chi connectivity index (χ3v) is 3.33. The van der Waals surface area contributed by atoms with Crippen LogP contribution in [0, 0.1) is 6.92 Å². The monoisotopic (exact) mass is 329 g/mol. The van der Waals surface area contributed by atoms with Crippen LogP contribution in [-0.4, -0.2) is 15.0 Å². The number of hydrogen-bond donors (Lipinski definition) is 1. The van der Waals surface area contributed by atoms with Crippen LogP contribution in [0.1, 0.15) is 11.4 Å². The lowest BCUT2D eigenvalue weighted by molar-refractivity contribution is -0.141. The molecule has 1 aromatic carbocycles. The summed E-state index contributed by atoms with van der Waals surface area (Å²) in [6.45, 7) is 1.21. The SMILES string of the molecule is Cc1nc(-c2ccc(Cl)c3[nH]c(=O)oc23)cnc1C(F)(F)F. The number of aromatic amines is 1. The largest absolute Gasteiger partial charge is 0.435 e. The fraction of sp³-hybridized carbons (Fsp3) is 0.154. The molecule has 0 fully saturated rings. The summed E-state index contributed by atoms with van der Waals surface area (Å²) < 4.78 is 43.1. The second kappa shape index (κ2) is 4.84. The van der Waals surface area contributed by atoms with Gasteiger partial charge in [0.15, 0.2) is 11.3 Å². The average Bonchev–Trinajstić information content (AvgIpc) is 2.80. The Kier molecular flexibility index (Phi) is 3.21. The van der Waals surface area contributed by atoms with Gasteiger partial charge in [0.05, 0.1) is 22.6 Å². The lowest BCUT2D eigenvalue weighted by atomic mass is 10.1. The van der Waals surface area contributed by atoms with Crippen molar-refractivity contribution in [3.63, 3.8) is 0 Å². The van der Waals surface area contributed by atoms with Crippen LogP contribution < -0.4 is 5.76 Å². The predicted octanol–water partition coefficient (Wildman–Crippen LogP) is 3.56. The zero-order valence-electron chi connectivity index (χ0n) is 11.0. The van der Waals surface area contributed by atoms with E-state index in [1.54, 1.807) is 0 Å². The van der Waals surface area contributed by atoms with Gasteiger partial charge in [-0.05, 0) is 19.1 Å². The average molecular weight is 330 g/mol. The Hall–Kier alpha value is -2.35. The van der Waals surface area contributed by atoms with Crippen molar-refractivity contribution in [3.8, 4) is 11.3 Å². The van der Waals surface area contributed by atoms with Crippen molar-refractivity contribution < 1.29 is 17.6 Å². The van der Waals surface area contributed by atoms with Gasteiger partial charge in [-0.1, -0.05) is 11.6 Å². The van der Waals surface area contributed by atoms with Crippen molar-refractivity contribution in [1.29, 1.82) is 0 Å². The molecule has 9 heteroatoms. The Balaban J connectivity index is 2.23. The number of oxazole rings is 1. The van der Waals surface area contributed by atoms with Crippen LogP contribution in [0.15, 0.2) is 27.5 Å². The van der Waals surface area contributed by atoms with Gasteiger partial charge in [-0.25, -0.2) is 14.8 Å². The molecule has 3 rings (SSSR count). The summed E-state index contributed by atoms with van der Waals surface area (Å²) in [6, 6.07) is 2.98. The Bertz CT molecular complexity index is 930. The van der Waals surface area contributed by atoms with Gasteiger partial charge in [-0.3, -0.25) is 4.98 Å². The second-order valence-corrected chi connectivity index (χ2v) is 4.91. The van der Waals surface area contributed by atoms with Crippen LogP contribution in [0.3, 0.4) is 0 Å². The van der Waals surface area contributed by atoms with Crippen LogP contribution in [0.5, 0.6) is 0 Å². The number of H-pyrrole nitrogens is 1. The van der Waals surface area contributed by atoms with Crippen molar-refractivity contribution in [2.24, 2.45) is 0 Å². The van der Waals surface area contributed by atoms with Crippen molar-refractivity contribution in [1.82, 2.24) is 15.0 Å². The quantitative estimate of drug-likeness (QED) is 0.741. The Morgan fingerprint density at radius 2 is 2.05 bits per heavy atom. The van der Waals surface area contributed by atoms with Crippen molar-refractivity contribution in [3.05, 3.63) is 45.3 Å². The Morgan fingerprint density at radius 1 is 1.32 bits per heavy atom. The van der Waals surface area contributed by atoms with E-state index in [4.69, 9.17) is 16.0 Å². The van der Waals surface area contributed by atoms with Gasteiger partial charge in [0.1, 0.15) is 5.52 Å². The summed E-state index contributed by atoms with van der Waals surface area (Å²) in [5, 5.41) is 0.251. The van der Waals surface area contributed by atoms with Crippen LogP contribution in [-0.2, 0) is 6.18 Å². The molecule has 0 atom stereocenters. The third kappa shape index (κ3) is 2.35. The molecule has 2 aromatic heterocycles. The highest BCUT2D eigenvalue weighted by atomic mass is 35.5. The lowest BCUT2D eigenvalue weighted by Gasteiger charge is -2.09. The highest BCUT2D eigenvalue weighted by Crippen LogP contribution is 2.33. The highest BCUT2D eigenvalue weighted by Gasteiger charge is 2.35. The first kappa shape index (κ1) is 14.6. The number of aryl methyl sites for hydroxylation is 1. The molecule has 0 aliphatic carbocycles. The van der Waals surface area contributed by atoms with Gasteiger partial charge >= 0.3 is 11.9 Å². The molecule has 114 valence electrons. The topological polar surface area (TPSA) is 71.8 Å². The summed E-state index contributed by atoms with van der Waals surface area (Å²) in [6.07, 6.45) is -3.60. The molecule has 0 saturated heterocycles. The van der Waals surface area contributed by atoms with E-state index in [1.807, 2.05) is 0 Å². The summed E-state index contributed by atoms with van der Waals surface area (Å²) in [4.78, 5) is 21.0. The first-order chi connectivity index (χ1) is 10.3. The van der Waals surface area contributed by atoms with E-state index in [1.165, 1.54) is 19.1 Å². The normalized spacial score (nSPS) is 12.0. The summed E-state index contributed by atoms with van der Waals surface area (Å²) in [5.74, 6) is -0.721. The molecule has 0 radical (unpaired) electrons. The van der Waals surface area contributed by atoms with Crippen LogP contribution in [0.4, 0.5) is 13.2 Å². The van der Waals surface area contributed by atoms with Crippen LogP contribution in [0.25, 0.3) is 22.4 Å². The maximum atomic E-state index is 12.7. The molecule has 2 heterocycles. The van der Waals surface area contributed by atoms with Crippen molar-refractivity contribution in [2.75, 3.05) is 0 Å². The Labute approximate surface area is 125 Å². The molecule has 0 amide bonds. The van der Waals surface area contributed by atoms with E-state index in [0.29, 0.717) is 5.56 Å². The van der Waals surface area contributed by atoms with E-state index in [9.17, 15) is 18.0 Å². The molecule has 3 aromatic rings. The van der Waals surface area contributed by atoms with E-state index in [0.717, 1.165) is 6.20 Å². The van der Waals surface area contributed by atoms with Crippen LogP contribution in [0.2, 0.25) is 5.02 Å². The van der Waals surface area contributed by atoms with E-state index < -0.39 is 17.6 Å². The molecular formula is C13H7ClF3N3O2. The van der Waals surface area contributed by atoms with E-state index in [-0.39, 0.29) is 27.5 Å². The number of rotatable bonds is 1. The van der Waals surface area contributed by atoms with Gasteiger partial charge < -0.3 is 4.42 Å². The molecule has 0 spiro atoms. The zero-order valence-corrected chi connectivity index (χ0v) is 11.7. The second-order valence-electron chi connectivity index (χ2n) is 4.50. The molecule has 0 saturated carbocycles. The van der Waals surface area contributed by atoms with Crippen LogP contribution >= 0.6 is 11.6 Å². The van der Waals surface area contributed by atoms with Gasteiger partial charge in [0.25, 0.3) is 0 Å². The zero-order chi connectivity index (χ0) is 16.1. The number of nitrogens with zero attached hydrogens (tertiary/aromatic N) is 2. The minimum atomic E-state index is -4.58. The summed E-state index contributed by atoms with van der Waals surface area (Å²) in [7, 11) is 0. The maximum Gasteiger partial charge on any atom is 0.435 e. The molecule has 0 aliphatic rings. The number of halogens is 4. The fourth-order valence-electron chi connectivity index (χ4n) is 2.09. The van der Waals surface area contributed by atoms with Gasteiger partial charge in [0.2, 0.25) is 0 Å². The molecule has 0 aliphatic heterocycles. The van der Waals surface area contributed by atoms with E-state index >= 15 is 0 Å². The van der Waals surface area contributed by atoms with E-state index in [2.05, 4.69) is 15.0 Å². The predicted molar refractivity (Wildman–Crippen MR) is 72.6 cm³/mol. The first-order valence-electron chi connectivity index (χ1n) is 6.00. The summed E-state index contributed by atoms with van der Waals surface area (Å²) >= 11 is 5.93. The number of nitrogens with one attached hydrogen (secondary N) is 1. The maximum absolute atomic E-state index is 12.7. The van der Waals surface area contributed by atoms with Gasteiger partial charge in [-0.15, -0.1) is 0 Å². The Morgan fingerprint density at radius 3 is 2.68 bits per heavy atom. The minimum absolute atomic E-state index is 0.117. The molecule has 0 unspecified atom stereocenters. The number of hydrogen-bond acceptors (Lipinski definition) is 4. The number of fused-ring (bicyclic) bond motifs is 1. The molecule has 0 bridgehead atoms. The number of alkyl halides is 3. The van der Waals surface area contributed by atoms with Gasteiger partial charge in [0, 0.05) is 5.56 Å². The molecule has 1 N–H and O–H groups in total. The summed E-state index contributed by atoms with van der Waals surface area (Å²) in [5.41, 5.74) is -0.491. The minimum Gasteiger partial charge on any atom is -0.407 e. The molecular weight excluding hydrogens is 323 g/mol.